The van der Waals surface area contributed by atoms with Crippen LogP contribution in [0.3, 0.4) is 0 Å². The smallest absolute Gasteiger partial charge is 0.272 e. The van der Waals surface area contributed by atoms with Crippen molar-refractivity contribution in [2.75, 3.05) is 6.61 Å². The molecule has 2 aromatic carbocycles. The number of hydrogen-bond donors (Lipinski definition) is 1. The summed E-state index contributed by atoms with van der Waals surface area (Å²) in [7, 11) is 0. The molecule has 4 rings (SSSR count). The van der Waals surface area contributed by atoms with E-state index in [0.29, 0.717) is 23.3 Å². The number of benzene rings is 2. The van der Waals surface area contributed by atoms with E-state index in [-0.39, 0.29) is 18.2 Å². The second-order valence-electron chi connectivity index (χ2n) is 6.25. The van der Waals surface area contributed by atoms with Crippen LogP contribution < -0.4 is 10.1 Å². The molecule has 3 aromatic rings. The van der Waals surface area contributed by atoms with E-state index in [1.807, 2.05) is 12.1 Å². The van der Waals surface area contributed by atoms with Gasteiger partial charge in [-0.25, -0.2) is 8.78 Å². The normalized spacial score (nSPS) is 17.9. The van der Waals surface area contributed by atoms with Gasteiger partial charge in [0.1, 0.15) is 17.9 Å². The molecule has 2 amide bonds. The largest absolute Gasteiger partial charge is 0.488 e. The van der Waals surface area contributed by atoms with Gasteiger partial charge in [0.2, 0.25) is 11.8 Å². The maximum atomic E-state index is 12.3. The number of nitrogens with one attached hydrogen (secondary N) is 1. The molecule has 1 aliphatic rings. The van der Waals surface area contributed by atoms with Gasteiger partial charge in [-0.05, 0) is 41.5 Å². The quantitative estimate of drug-likeness (QED) is 0.721. The van der Waals surface area contributed by atoms with Gasteiger partial charge in [-0.15, -0.1) is 0 Å². The van der Waals surface area contributed by atoms with Crippen LogP contribution in [0.25, 0.3) is 21.7 Å². The molecule has 26 heavy (non-hydrogen) atoms. The lowest BCUT2D eigenvalue weighted by atomic mass is 9.90. The number of hydrogen-bond acceptors (Lipinski definition) is 4. The topological polar surface area (TPSA) is 68.5 Å². The molecule has 1 aliphatic heterocycles. The summed E-state index contributed by atoms with van der Waals surface area (Å²) in [5.41, 5.74) is 1.34. The van der Waals surface area contributed by atoms with Gasteiger partial charge in [0.25, 0.3) is 6.43 Å². The van der Waals surface area contributed by atoms with Gasteiger partial charge in [-0.2, -0.15) is 0 Å². The number of alkyl halides is 2. The second-order valence-corrected chi connectivity index (χ2v) is 6.25. The van der Waals surface area contributed by atoms with Crippen LogP contribution in [0, 0.1) is 0 Å². The van der Waals surface area contributed by atoms with Crippen molar-refractivity contribution >= 4 is 33.6 Å². The number of piperidine rings is 1. The van der Waals surface area contributed by atoms with E-state index >= 15 is 0 Å². The number of imide groups is 1. The van der Waals surface area contributed by atoms with Crippen LogP contribution >= 0.6 is 0 Å². The molecule has 1 fully saturated rings. The summed E-state index contributed by atoms with van der Waals surface area (Å²) in [6.07, 6.45) is -0.296. The number of carbonyl (C=O) groups excluding carboxylic acids is 2. The number of amides is 2. The van der Waals surface area contributed by atoms with Gasteiger partial charge in [0.15, 0.2) is 0 Å². The number of rotatable bonds is 4. The molecular weight excluding hydrogens is 344 g/mol. The van der Waals surface area contributed by atoms with Crippen molar-refractivity contribution in [3.05, 3.63) is 42.2 Å². The highest BCUT2D eigenvalue weighted by Gasteiger charge is 2.30. The van der Waals surface area contributed by atoms with Crippen LogP contribution in [0.2, 0.25) is 0 Å². The highest BCUT2D eigenvalue weighted by Crippen LogP contribution is 2.35. The fourth-order valence-corrected chi connectivity index (χ4v) is 3.28. The van der Waals surface area contributed by atoms with Crippen molar-refractivity contribution < 1.29 is 27.5 Å². The van der Waals surface area contributed by atoms with E-state index in [2.05, 4.69) is 5.32 Å². The Hall–Kier alpha value is -2.96. The van der Waals surface area contributed by atoms with Crippen molar-refractivity contribution in [3.8, 4) is 5.75 Å². The maximum absolute atomic E-state index is 12.3. The summed E-state index contributed by atoms with van der Waals surface area (Å²) >= 11 is 0. The minimum absolute atomic E-state index is 0.273. The Labute approximate surface area is 146 Å². The molecule has 5 nitrogen and oxygen atoms in total. The van der Waals surface area contributed by atoms with E-state index in [0.717, 1.165) is 16.2 Å². The van der Waals surface area contributed by atoms with Crippen molar-refractivity contribution in [2.45, 2.75) is 25.2 Å². The summed E-state index contributed by atoms with van der Waals surface area (Å²) in [5.74, 6) is -0.712. The minimum atomic E-state index is -2.54. The lowest BCUT2D eigenvalue weighted by Crippen LogP contribution is -2.39. The third-order valence-electron chi connectivity index (χ3n) is 4.52. The molecule has 0 aliphatic carbocycles. The summed E-state index contributed by atoms with van der Waals surface area (Å²) in [4.78, 5) is 23.5. The van der Waals surface area contributed by atoms with Crippen molar-refractivity contribution in [1.29, 1.82) is 0 Å². The molecule has 7 heteroatoms. The van der Waals surface area contributed by atoms with Gasteiger partial charge in [-0.3, -0.25) is 14.9 Å². The highest BCUT2D eigenvalue weighted by molar-refractivity contribution is 6.04. The molecule has 0 saturated carbocycles. The van der Waals surface area contributed by atoms with Gasteiger partial charge in [0.05, 0.1) is 12.2 Å². The van der Waals surface area contributed by atoms with E-state index < -0.39 is 19.0 Å². The van der Waals surface area contributed by atoms with Crippen LogP contribution in [0.1, 0.15) is 24.3 Å². The lowest BCUT2D eigenvalue weighted by molar-refractivity contribution is -0.134. The Bertz CT molecular complexity index is 1010. The molecule has 0 radical (unpaired) electrons. The van der Waals surface area contributed by atoms with Gasteiger partial charge >= 0.3 is 0 Å². The lowest BCUT2D eigenvalue weighted by Gasteiger charge is -2.19. The second kappa shape index (κ2) is 6.40. The monoisotopic (exact) mass is 359 g/mol. The van der Waals surface area contributed by atoms with E-state index in [1.54, 1.807) is 18.2 Å². The SMILES string of the molecule is O=C1CCC(c2coc3cc4ccc(OCC(F)F)cc4cc23)C(=O)N1. The number of furan rings is 1. The molecular formula is C19H15F2NO4. The van der Waals surface area contributed by atoms with E-state index in [1.165, 1.54) is 6.26 Å². The van der Waals surface area contributed by atoms with Crippen LogP contribution in [-0.4, -0.2) is 24.8 Å². The van der Waals surface area contributed by atoms with Gasteiger partial charge < -0.3 is 9.15 Å². The first kappa shape index (κ1) is 16.5. The zero-order chi connectivity index (χ0) is 18.3. The Morgan fingerprint density at radius 3 is 2.81 bits per heavy atom. The van der Waals surface area contributed by atoms with Crippen LogP contribution in [0.4, 0.5) is 8.78 Å². The zero-order valence-electron chi connectivity index (χ0n) is 13.6. The summed E-state index contributed by atoms with van der Waals surface area (Å²) in [5, 5.41) is 4.77. The molecule has 1 saturated heterocycles. The predicted molar refractivity (Wildman–Crippen MR) is 90.3 cm³/mol. The van der Waals surface area contributed by atoms with Crippen molar-refractivity contribution in [2.24, 2.45) is 0 Å². The highest BCUT2D eigenvalue weighted by atomic mass is 19.3. The first-order valence-corrected chi connectivity index (χ1v) is 8.21. The molecule has 134 valence electrons. The standard InChI is InChI=1S/C19H15F2NO4/c20-17(21)9-25-12-2-1-10-7-16-14(6-11(10)5-12)15(8-26-16)13-3-4-18(23)22-19(13)24/h1-2,5-8,13,17H,3-4,9H2,(H,22,23,24). The Morgan fingerprint density at radius 1 is 1.19 bits per heavy atom. The molecule has 1 atom stereocenters. The summed E-state index contributed by atoms with van der Waals surface area (Å²) in [6, 6.07) is 8.75. The zero-order valence-corrected chi connectivity index (χ0v) is 13.6. The molecule has 1 N–H and O–H groups in total. The fourth-order valence-electron chi connectivity index (χ4n) is 3.28. The number of halogens is 2. The maximum Gasteiger partial charge on any atom is 0.272 e. The minimum Gasteiger partial charge on any atom is -0.488 e. The van der Waals surface area contributed by atoms with E-state index in [4.69, 9.17) is 9.15 Å². The first-order chi connectivity index (χ1) is 12.5. The van der Waals surface area contributed by atoms with Crippen LogP contribution in [-0.2, 0) is 9.59 Å². The van der Waals surface area contributed by atoms with Crippen molar-refractivity contribution in [1.82, 2.24) is 5.32 Å². The predicted octanol–water partition coefficient (Wildman–Crippen LogP) is 3.75. The first-order valence-electron chi connectivity index (χ1n) is 8.21. The number of fused-ring (bicyclic) bond motifs is 2. The van der Waals surface area contributed by atoms with Gasteiger partial charge in [0, 0.05) is 17.4 Å². The third-order valence-corrected chi connectivity index (χ3v) is 4.52. The third kappa shape index (κ3) is 3.00. The van der Waals surface area contributed by atoms with Gasteiger partial charge in [-0.1, -0.05) is 6.07 Å². The summed E-state index contributed by atoms with van der Waals surface area (Å²) in [6.45, 7) is -0.666. The average molecular weight is 359 g/mol. The summed E-state index contributed by atoms with van der Waals surface area (Å²) < 4.78 is 35.3. The fraction of sp³-hybridized carbons (Fsp3) is 0.263. The molecule has 0 bridgehead atoms. The van der Waals surface area contributed by atoms with E-state index in [9.17, 15) is 18.4 Å². The van der Waals surface area contributed by atoms with Crippen molar-refractivity contribution in [3.63, 3.8) is 0 Å². The number of carbonyl (C=O) groups is 2. The Balaban J connectivity index is 1.74. The van der Waals surface area contributed by atoms with Crippen LogP contribution in [0.5, 0.6) is 5.75 Å². The Kier molecular flexibility index (Phi) is 4.06. The molecule has 1 aromatic heterocycles. The van der Waals surface area contributed by atoms with Crippen LogP contribution in [0.15, 0.2) is 41.0 Å². The average Bonchev–Trinajstić information content (AvgIpc) is 3.00. The molecule has 0 spiro atoms. The molecule has 1 unspecified atom stereocenters. The number of ether oxygens (including phenoxy) is 1. The Morgan fingerprint density at radius 2 is 2.04 bits per heavy atom. The molecule has 2 heterocycles.